The fraction of sp³-hybridized carbons (Fsp3) is 0.542. The molecule has 0 aliphatic heterocycles. The summed E-state index contributed by atoms with van der Waals surface area (Å²) >= 11 is 0. The summed E-state index contributed by atoms with van der Waals surface area (Å²) in [5.41, 5.74) is -0.179. The fourth-order valence-corrected chi connectivity index (χ4v) is 3.80. The normalized spacial score (nSPS) is 24.9. The second-order valence-corrected chi connectivity index (χ2v) is 8.28. The topological polar surface area (TPSA) is 107 Å². The van der Waals surface area contributed by atoms with E-state index in [9.17, 15) is 28.9 Å². The summed E-state index contributed by atoms with van der Waals surface area (Å²) in [6, 6.07) is 5.52. The average Bonchev–Trinajstić information content (AvgIpc) is 2.99. The molecule has 0 unspecified atom stereocenters. The molecule has 4 N–H and O–H groups in total. The van der Waals surface area contributed by atoms with E-state index in [-0.39, 0.29) is 42.6 Å². The molecule has 0 heterocycles. The minimum absolute atomic E-state index is 0.103. The summed E-state index contributed by atoms with van der Waals surface area (Å²) in [5, 5.41) is 39.4. The van der Waals surface area contributed by atoms with Gasteiger partial charge in [0, 0.05) is 31.2 Å². The first-order valence-electron chi connectivity index (χ1n) is 10.8. The molecule has 0 saturated heterocycles. The predicted molar refractivity (Wildman–Crippen MR) is 116 cm³/mol. The zero-order chi connectivity index (χ0) is 23.7. The van der Waals surface area contributed by atoms with Crippen LogP contribution in [-0.4, -0.2) is 51.3 Å². The Kier molecular flexibility index (Phi) is 9.81. The molecule has 0 radical (unpaired) electrons. The number of aliphatic carboxylic acids is 1. The molecule has 0 amide bonds. The van der Waals surface area contributed by atoms with Crippen LogP contribution in [0, 0.1) is 11.8 Å². The van der Waals surface area contributed by atoms with Crippen molar-refractivity contribution in [1.29, 1.82) is 0 Å². The van der Waals surface area contributed by atoms with Crippen LogP contribution in [0.15, 0.2) is 48.6 Å². The van der Waals surface area contributed by atoms with Crippen LogP contribution in [0.5, 0.6) is 5.75 Å². The number of carbonyl (C=O) groups is 1. The number of alkyl halides is 2. The zero-order valence-electron chi connectivity index (χ0n) is 18.1. The lowest BCUT2D eigenvalue weighted by molar-refractivity contribution is -0.137. The molecule has 2 rings (SSSR count). The van der Waals surface area contributed by atoms with Gasteiger partial charge in [0.25, 0.3) is 5.92 Å². The third-order valence-corrected chi connectivity index (χ3v) is 5.57. The van der Waals surface area contributed by atoms with Crippen molar-refractivity contribution < 1.29 is 38.7 Å². The Bertz CT molecular complexity index is 789. The molecule has 6 nitrogen and oxygen atoms in total. The van der Waals surface area contributed by atoms with Gasteiger partial charge < -0.3 is 25.2 Å². The monoisotopic (exact) mass is 454 g/mol. The summed E-state index contributed by atoms with van der Waals surface area (Å²) in [5.74, 6) is -4.19. The van der Waals surface area contributed by atoms with Gasteiger partial charge in [-0.05, 0) is 37.3 Å². The first-order valence-corrected chi connectivity index (χ1v) is 10.8. The van der Waals surface area contributed by atoms with Crippen molar-refractivity contribution in [1.82, 2.24) is 0 Å². The van der Waals surface area contributed by atoms with E-state index >= 15 is 0 Å². The van der Waals surface area contributed by atoms with Gasteiger partial charge in [0.1, 0.15) is 18.5 Å². The van der Waals surface area contributed by atoms with E-state index in [0.717, 1.165) is 6.92 Å². The number of halogens is 2. The highest BCUT2D eigenvalue weighted by atomic mass is 19.3. The number of hydrogen-bond donors (Lipinski definition) is 4. The van der Waals surface area contributed by atoms with E-state index in [0.29, 0.717) is 19.3 Å². The highest BCUT2D eigenvalue weighted by molar-refractivity contribution is 5.66. The van der Waals surface area contributed by atoms with Crippen molar-refractivity contribution in [2.45, 2.75) is 63.3 Å². The van der Waals surface area contributed by atoms with E-state index in [1.807, 2.05) is 12.2 Å². The van der Waals surface area contributed by atoms with Crippen LogP contribution >= 0.6 is 0 Å². The highest BCUT2D eigenvalue weighted by Gasteiger charge is 2.39. The molecule has 8 heteroatoms. The Morgan fingerprint density at radius 3 is 2.72 bits per heavy atom. The number of aliphatic hydroxyl groups is 3. The molecule has 1 fully saturated rings. The second-order valence-electron chi connectivity index (χ2n) is 8.28. The van der Waals surface area contributed by atoms with E-state index in [1.54, 1.807) is 6.08 Å². The van der Waals surface area contributed by atoms with Crippen molar-refractivity contribution in [3.8, 4) is 5.75 Å². The molecule has 0 spiro atoms. The highest BCUT2D eigenvalue weighted by Crippen LogP contribution is 2.36. The zero-order valence-corrected chi connectivity index (χ0v) is 18.1. The maximum atomic E-state index is 13.4. The Hall–Kier alpha value is -2.29. The van der Waals surface area contributed by atoms with Gasteiger partial charge in [0.2, 0.25) is 0 Å². The molecule has 0 aromatic heterocycles. The lowest BCUT2D eigenvalue weighted by Gasteiger charge is -2.20. The van der Waals surface area contributed by atoms with Gasteiger partial charge >= 0.3 is 5.97 Å². The molecule has 32 heavy (non-hydrogen) atoms. The van der Waals surface area contributed by atoms with Gasteiger partial charge in [-0.25, -0.2) is 8.78 Å². The summed E-state index contributed by atoms with van der Waals surface area (Å²) < 4.78 is 32.3. The van der Waals surface area contributed by atoms with E-state index in [4.69, 9.17) is 9.84 Å². The van der Waals surface area contributed by atoms with Crippen LogP contribution in [0.1, 0.15) is 44.6 Å². The van der Waals surface area contributed by atoms with Gasteiger partial charge in [-0.1, -0.05) is 36.4 Å². The molecule has 178 valence electrons. The summed E-state index contributed by atoms with van der Waals surface area (Å²) in [4.78, 5) is 10.5. The van der Waals surface area contributed by atoms with Gasteiger partial charge in [-0.15, -0.1) is 0 Å². The third kappa shape index (κ3) is 8.33. The number of carboxylic acid groups (broad SMARTS) is 1. The standard InChI is InChI=1S/C24H32F2O6/c1-24(25,26)16-7-6-8-18(13-16)32-15-17(27)11-12-20-19(21(28)14-22(20)29)9-4-2-3-5-10-23(30)31/h2,4,6-8,11-13,17,19-22,27-29H,3,5,9-10,14-15H2,1H3,(H,30,31)/b4-2-,12-11+/t17-,19-,20-,21+,22-/m1/s1. The van der Waals surface area contributed by atoms with Crippen LogP contribution in [0.25, 0.3) is 0 Å². The minimum Gasteiger partial charge on any atom is -0.491 e. The number of rotatable bonds is 12. The Balaban J connectivity index is 1.87. The first kappa shape index (κ1) is 26.0. The summed E-state index contributed by atoms with van der Waals surface area (Å²) in [6.07, 6.45) is 6.46. The SMILES string of the molecule is CC(F)(F)c1cccc(OC[C@H](O)/C=C/[C@@H]2[C@@H](C/C=C\CCCC(=O)O)[C@@H](O)C[C@H]2O)c1. The summed E-state index contributed by atoms with van der Waals surface area (Å²) in [7, 11) is 0. The number of allylic oxidation sites excluding steroid dienone is 2. The van der Waals surface area contributed by atoms with Crippen LogP contribution in [0.2, 0.25) is 0 Å². The number of aliphatic hydroxyl groups excluding tert-OH is 3. The number of carboxylic acids is 1. The van der Waals surface area contributed by atoms with E-state index in [1.165, 1.54) is 30.3 Å². The largest absolute Gasteiger partial charge is 0.491 e. The molecular weight excluding hydrogens is 422 g/mol. The lowest BCUT2D eigenvalue weighted by Crippen LogP contribution is -2.21. The second kappa shape index (κ2) is 12.1. The van der Waals surface area contributed by atoms with Crippen molar-refractivity contribution in [3.05, 3.63) is 54.1 Å². The third-order valence-electron chi connectivity index (χ3n) is 5.57. The molecule has 1 aliphatic rings. The molecule has 5 atom stereocenters. The first-order chi connectivity index (χ1) is 15.1. The number of benzene rings is 1. The van der Waals surface area contributed by atoms with Gasteiger partial charge in [0.05, 0.1) is 12.2 Å². The van der Waals surface area contributed by atoms with Gasteiger partial charge in [-0.2, -0.15) is 0 Å². The Labute approximate surface area is 186 Å². The van der Waals surface area contributed by atoms with Gasteiger partial charge in [0.15, 0.2) is 0 Å². The maximum Gasteiger partial charge on any atom is 0.303 e. The molecule has 1 saturated carbocycles. The minimum atomic E-state index is -2.99. The summed E-state index contributed by atoms with van der Waals surface area (Å²) in [6.45, 7) is 0.654. The quantitative estimate of drug-likeness (QED) is 0.284. The van der Waals surface area contributed by atoms with E-state index in [2.05, 4.69) is 0 Å². The van der Waals surface area contributed by atoms with Crippen molar-refractivity contribution in [2.24, 2.45) is 11.8 Å². The molecule has 0 bridgehead atoms. The number of hydrogen-bond acceptors (Lipinski definition) is 5. The number of unbranched alkanes of at least 4 members (excludes halogenated alkanes) is 1. The van der Waals surface area contributed by atoms with Crippen LogP contribution in [0.4, 0.5) is 8.78 Å². The van der Waals surface area contributed by atoms with Crippen molar-refractivity contribution in [2.75, 3.05) is 6.61 Å². The predicted octanol–water partition coefficient (Wildman–Crippen LogP) is 3.65. The van der Waals surface area contributed by atoms with Crippen molar-refractivity contribution in [3.63, 3.8) is 0 Å². The van der Waals surface area contributed by atoms with E-state index < -0.39 is 30.2 Å². The smallest absolute Gasteiger partial charge is 0.303 e. The average molecular weight is 455 g/mol. The molecular formula is C24H32F2O6. The molecule has 1 aromatic carbocycles. The Morgan fingerprint density at radius 2 is 2.03 bits per heavy atom. The van der Waals surface area contributed by atoms with Crippen LogP contribution in [0.3, 0.4) is 0 Å². The van der Waals surface area contributed by atoms with Crippen LogP contribution < -0.4 is 4.74 Å². The molecule has 1 aromatic rings. The maximum absolute atomic E-state index is 13.4. The lowest BCUT2D eigenvalue weighted by atomic mass is 9.89. The fourth-order valence-electron chi connectivity index (χ4n) is 3.80. The Morgan fingerprint density at radius 1 is 1.28 bits per heavy atom. The van der Waals surface area contributed by atoms with Crippen molar-refractivity contribution >= 4 is 5.97 Å². The van der Waals surface area contributed by atoms with Gasteiger partial charge in [-0.3, -0.25) is 4.79 Å². The van der Waals surface area contributed by atoms with Crippen LogP contribution in [-0.2, 0) is 10.7 Å². The number of ether oxygens (including phenoxy) is 1. The molecule has 1 aliphatic carbocycles.